The fourth-order valence-electron chi connectivity index (χ4n) is 2.90. The van der Waals surface area contributed by atoms with Crippen molar-refractivity contribution in [3.05, 3.63) is 58.6 Å². The van der Waals surface area contributed by atoms with Crippen molar-refractivity contribution in [1.29, 1.82) is 0 Å². The number of anilines is 2. The van der Waals surface area contributed by atoms with Crippen LogP contribution in [-0.2, 0) is 9.59 Å². The van der Waals surface area contributed by atoms with Crippen LogP contribution in [0.25, 0.3) is 0 Å². The molecule has 0 aliphatic carbocycles. The number of benzene rings is 2. The highest BCUT2D eigenvalue weighted by atomic mass is 35.5. The van der Waals surface area contributed by atoms with Gasteiger partial charge in [-0.05, 0) is 50.1 Å². The number of amides is 2. The summed E-state index contributed by atoms with van der Waals surface area (Å²) < 4.78 is 0. The van der Waals surface area contributed by atoms with Crippen molar-refractivity contribution in [3.63, 3.8) is 0 Å². The van der Waals surface area contributed by atoms with E-state index in [1.807, 2.05) is 44.2 Å². The predicted octanol–water partition coefficient (Wildman–Crippen LogP) is 3.95. The standard InChI is InChI=1S/C19H19ClN2O2/c1-12-3-7-15(8-4-12)21-18(23)16-9-10-22(19(16)24)17-11-14(20)6-5-13(17)2/h3-8,11,16H,9-10H2,1-2H3,(H,21,23). The molecule has 1 N–H and O–H groups in total. The minimum atomic E-state index is -0.662. The van der Waals surface area contributed by atoms with E-state index in [0.717, 1.165) is 16.8 Å². The maximum atomic E-state index is 12.7. The number of hydrogen-bond acceptors (Lipinski definition) is 2. The van der Waals surface area contributed by atoms with E-state index < -0.39 is 5.92 Å². The largest absolute Gasteiger partial charge is 0.325 e. The summed E-state index contributed by atoms with van der Waals surface area (Å²) in [5, 5.41) is 3.41. The van der Waals surface area contributed by atoms with Crippen LogP contribution in [0.5, 0.6) is 0 Å². The van der Waals surface area contributed by atoms with E-state index in [-0.39, 0.29) is 11.8 Å². The molecule has 3 rings (SSSR count). The Bertz CT molecular complexity index is 786. The molecule has 5 heteroatoms. The lowest BCUT2D eigenvalue weighted by molar-refractivity contribution is -0.129. The summed E-state index contributed by atoms with van der Waals surface area (Å²) in [7, 11) is 0. The lowest BCUT2D eigenvalue weighted by Gasteiger charge is -2.19. The summed E-state index contributed by atoms with van der Waals surface area (Å²) in [6.07, 6.45) is 0.502. The molecule has 1 fully saturated rings. The highest BCUT2D eigenvalue weighted by Crippen LogP contribution is 2.30. The first-order valence-corrected chi connectivity index (χ1v) is 8.28. The Hall–Kier alpha value is -2.33. The summed E-state index contributed by atoms with van der Waals surface area (Å²) >= 11 is 6.04. The molecule has 124 valence electrons. The average molecular weight is 343 g/mol. The van der Waals surface area contributed by atoms with Gasteiger partial charge in [0.1, 0.15) is 5.92 Å². The molecular formula is C19H19ClN2O2. The zero-order valence-electron chi connectivity index (χ0n) is 13.7. The first kappa shape index (κ1) is 16.5. The number of halogens is 1. The molecule has 1 heterocycles. The Labute approximate surface area is 146 Å². The molecule has 1 aliphatic rings. The van der Waals surface area contributed by atoms with E-state index >= 15 is 0 Å². The lowest BCUT2D eigenvalue weighted by Crippen LogP contribution is -2.33. The van der Waals surface area contributed by atoms with Crippen molar-refractivity contribution in [3.8, 4) is 0 Å². The molecule has 24 heavy (non-hydrogen) atoms. The second-order valence-electron chi connectivity index (χ2n) is 6.12. The lowest BCUT2D eigenvalue weighted by atomic mass is 10.1. The molecular weight excluding hydrogens is 324 g/mol. The fourth-order valence-corrected chi connectivity index (χ4v) is 3.07. The molecule has 0 radical (unpaired) electrons. The highest BCUT2D eigenvalue weighted by molar-refractivity contribution is 6.31. The van der Waals surface area contributed by atoms with Crippen LogP contribution in [0.3, 0.4) is 0 Å². The van der Waals surface area contributed by atoms with Gasteiger partial charge in [0.2, 0.25) is 11.8 Å². The monoisotopic (exact) mass is 342 g/mol. The van der Waals surface area contributed by atoms with Crippen LogP contribution in [0.1, 0.15) is 17.5 Å². The van der Waals surface area contributed by atoms with Gasteiger partial charge in [0.05, 0.1) is 0 Å². The van der Waals surface area contributed by atoms with Crippen LogP contribution in [0.15, 0.2) is 42.5 Å². The van der Waals surface area contributed by atoms with Crippen molar-refractivity contribution in [1.82, 2.24) is 0 Å². The summed E-state index contributed by atoms with van der Waals surface area (Å²) in [6, 6.07) is 13.0. The first-order chi connectivity index (χ1) is 11.5. The normalized spacial score (nSPS) is 17.2. The molecule has 0 saturated carbocycles. The Morgan fingerprint density at radius 1 is 1.17 bits per heavy atom. The molecule has 4 nitrogen and oxygen atoms in total. The van der Waals surface area contributed by atoms with Crippen LogP contribution in [-0.4, -0.2) is 18.4 Å². The molecule has 1 saturated heterocycles. The van der Waals surface area contributed by atoms with Gasteiger partial charge in [-0.1, -0.05) is 35.4 Å². The van der Waals surface area contributed by atoms with E-state index in [1.54, 1.807) is 17.0 Å². The predicted molar refractivity (Wildman–Crippen MR) is 96.5 cm³/mol. The number of nitrogens with zero attached hydrogens (tertiary/aromatic N) is 1. The van der Waals surface area contributed by atoms with Gasteiger partial charge < -0.3 is 10.2 Å². The summed E-state index contributed by atoms with van der Waals surface area (Å²) in [5.74, 6) is -1.10. The van der Waals surface area contributed by atoms with Crippen molar-refractivity contribution in [2.45, 2.75) is 20.3 Å². The molecule has 2 aromatic carbocycles. The van der Waals surface area contributed by atoms with E-state index in [9.17, 15) is 9.59 Å². The topological polar surface area (TPSA) is 49.4 Å². The third kappa shape index (κ3) is 3.29. The first-order valence-electron chi connectivity index (χ1n) is 7.91. The van der Waals surface area contributed by atoms with E-state index in [4.69, 9.17) is 11.6 Å². The number of carbonyl (C=O) groups excluding carboxylic acids is 2. The van der Waals surface area contributed by atoms with Crippen LogP contribution in [0.2, 0.25) is 5.02 Å². The molecule has 0 aromatic heterocycles. The fraction of sp³-hybridized carbons (Fsp3) is 0.263. The molecule has 1 aliphatic heterocycles. The Balaban J connectivity index is 1.74. The van der Waals surface area contributed by atoms with E-state index in [2.05, 4.69) is 5.32 Å². The van der Waals surface area contributed by atoms with E-state index in [1.165, 1.54) is 0 Å². The van der Waals surface area contributed by atoms with Gasteiger partial charge in [0.15, 0.2) is 0 Å². The number of hydrogen-bond donors (Lipinski definition) is 1. The quantitative estimate of drug-likeness (QED) is 0.859. The SMILES string of the molecule is Cc1ccc(NC(=O)C2CCN(c3cc(Cl)ccc3C)C2=O)cc1. The Kier molecular flexibility index (Phi) is 4.58. The van der Waals surface area contributed by atoms with Gasteiger partial charge in [0, 0.05) is 22.9 Å². The summed E-state index contributed by atoms with van der Waals surface area (Å²) in [5.41, 5.74) is 3.56. The molecule has 2 amide bonds. The zero-order valence-corrected chi connectivity index (χ0v) is 14.4. The second kappa shape index (κ2) is 6.65. The minimum absolute atomic E-state index is 0.176. The van der Waals surface area contributed by atoms with Crippen molar-refractivity contribution in [2.75, 3.05) is 16.8 Å². The Morgan fingerprint density at radius 3 is 2.58 bits per heavy atom. The maximum Gasteiger partial charge on any atom is 0.239 e. The molecule has 0 spiro atoms. The molecule has 1 atom stereocenters. The molecule has 1 unspecified atom stereocenters. The van der Waals surface area contributed by atoms with Crippen LogP contribution in [0, 0.1) is 19.8 Å². The average Bonchev–Trinajstić information content (AvgIpc) is 2.93. The summed E-state index contributed by atoms with van der Waals surface area (Å²) in [6.45, 7) is 4.43. The Morgan fingerprint density at radius 2 is 1.88 bits per heavy atom. The van der Waals surface area contributed by atoms with Gasteiger partial charge >= 0.3 is 0 Å². The van der Waals surface area contributed by atoms with Gasteiger partial charge in [-0.15, -0.1) is 0 Å². The van der Waals surface area contributed by atoms with E-state index in [0.29, 0.717) is 23.7 Å². The number of nitrogens with one attached hydrogen (secondary N) is 1. The van der Waals surface area contributed by atoms with Crippen LogP contribution >= 0.6 is 11.6 Å². The number of aryl methyl sites for hydroxylation is 2. The van der Waals surface area contributed by atoms with Crippen molar-refractivity contribution < 1.29 is 9.59 Å². The third-order valence-corrected chi connectivity index (χ3v) is 4.54. The number of rotatable bonds is 3. The van der Waals surface area contributed by atoms with Crippen molar-refractivity contribution >= 4 is 34.8 Å². The van der Waals surface area contributed by atoms with Gasteiger partial charge in [0.25, 0.3) is 0 Å². The van der Waals surface area contributed by atoms with Gasteiger partial charge in [-0.25, -0.2) is 0 Å². The minimum Gasteiger partial charge on any atom is -0.325 e. The second-order valence-corrected chi connectivity index (χ2v) is 6.55. The maximum absolute atomic E-state index is 12.7. The van der Waals surface area contributed by atoms with Gasteiger partial charge in [-0.2, -0.15) is 0 Å². The number of carbonyl (C=O) groups is 2. The third-order valence-electron chi connectivity index (χ3n) is 4.30. The molecule has 0 bridgehead atoms. The van der Waals surface area contributed by atoms with Crippen LogP contribution < -0.4 is 10.2 Å². The summed E-state index contributed by atoms with van der Waals surface area (Å²) in [4.78, 5) is 26.8. The van der Waals surface area contributed by atoms with Crippen LogP contribution in [0.4, 0.5) is 11.4 Å². The molecule has 2 aromatic rings. The van der Waals surface area contributed by atoms with Gasteiger partial charge in [-0.3, -0.25) is 9.59 Å². The highest BCUT2D eigenvalue weighted by Gasteiger charge is 2.38. The zero-order chi connectivity index (χ0) is 17.3. The smallest absolute Gasteiger partial charge is 0.239 e. The van der Waals surface area contributed by atoms with Crippen molar-refractivity contribution in [2.24, 2.45) is 5.92 Å².